The number of hydrazone groups is 1. The van der Waals surface area contributed by atoms with E-state index in [0.29, 0.717) is 17.1 Å². The molecule has 13 heteroatoms. The van der Waals surface area contributed by atoms with Crippen molar-refractivity contribution in [3.8, 4) is 11.3 Å². The van der Waals surface area contributed by atoms with Crippen molar-refractivity contribution in [2.24, 2.45) is 10.2 Å². The number of nitro benzene ring substituents is 2. The highest BCUT2D eigenvalue weighted by molar-refractivity contribution is 7.89. The first-order chi connectivity index (χ1) is 14.1. The molecule has 0 spiro atoms. The zero-order chi connectivity index (χ0) is 21.9. The van der Waals surface area contributed by atoms with Crippen molar-refractivity contribution in [3.05, 3.63) is 80.6 Å². The number of hydrogen-bond donors (Lipinski definition) is 2. The van der Waals surface area contributed by atoms with Gasteiger partial charge < -0.3 is 4.42 Å². The third-order valence-electron chi connectivity index (χ3n) is 3.86. The van der Waals surface area contributed by atoms with E-state index in [1.165, 1.54) is 36.5 Å². The van der Waals surface area contributed by atoms with E-state index in [1.807, 2.05) is 0 Å². The van der Waals surface area contributed by atoms with Gasteiger partial charge in [-0.1, -0.05) is 0 Å². The van der Waals surface area contributed by atoms with Gasteiger partial charge in [-0.3, -0.25) is 25.7 Å². The lowest BCUT2D eigenvalue weighted by Crippen LogP contribution is -2.12. The van der Waals surface area contributed by atoms with Crippen LogP contribution in [-0.2, 0) is 10.0 Å². The Morgan fingerprint density at radius 2 is 1.70 bits per heavy atom. The van der Waals surface area contributed by atoms with Crippen LogP contribution in [0.25, 0.3) is 11.3 Å². The van der Waals surface area contributed by atoms with Crippen molar-refractivity contribution in [1.82, 2.24) is 0 Å². The molecule has 1 heterocycles. The number of nitro groups is 2. The zero-order valence-electron chi connectivity index (χ0n) is 15.0. The molecule has 2 aromatic carbocycles. The van der Waals surface area contributed by atoms with Crippen LogP contribution in [0.15, 0.2) is 69.0 Å². The van der Waals surface area contributed by atoms with Crippen LogP contribution >= 0.6 is 0 Å². The molecule has 3 rings (SSSR count). The molecular formula is C17H13N5O7S. The lowest BCUT2D eigenvalue weighted by Gasteiger charge is -2.04. The largest absolute Gasteiger partial charge is 0.455 e. The highest BCUT2D eigenvalue weighted by Gasteiger charge is 2.18. The average Bonchev–Trinajstić information content (AvgIpc) is 3.16. The fourth-order valence-electron chi connectivity index (χ4n) is 2.42. The van der Waals surface area contributed by atoms with Crippen LogP contribution < -0.4 is 10.6 Å². The molecule has 0 fully saturated rings. The number of primary sulfonamides is 1. The maximum absolute atomic E-state index is 11.3. The Balaban J connectivity index is 1.76. The second kappa shape index (κ2) is 8.10. The van der Waals surface area contributed by atoms with Crippen LogP contribution in [0.5, 0.6) is 0 Å². The maximum Gasteiger partial charge on any atom is 0.295 e. The predicted octanol–water partition coefficient (Wildman–Crippen LogP) is 2.86. The molecule has 154 valence electrons. The molecular weight excluding hydrogens is 418 g/mol. The van der Waals surface area contributed by atoms with E-state index in [9.17, 15) is 28.6 Å². The van der Waals surface area contributed by atoms with E-state index in [-0.39, 0.29) is 11.4 Å². The van der Waals surface area contributed by atoms with Crippen molar-refractivity contribution < 1.29 is 22.7 Å². The smallest absolute Gasteiger partial charge is 0.295 e. The summed E-state index contributed by atoms with van der Waals surface area (Å²) in [6.07, 6.45) is 1.26. The van der Waals surface area contributed by atoms with Crippen molar-refractivity contribution in [2.45, 2.75) is 4.90 Å². The van der Waals surface area contributed by atoms with E-state index >= 15 is 0 Å². The second-order valence-electron chi connectivity index (χ2n) is 5.86. The third kappa shape index (κ3) is 4.65. The summed E-state index contributed by atoms with van der Waals surface area (Å²) in [5, 5.41) is 30.7. The summed E-state index contributed by atoms with van der Waals surface area (Å²) in [4.78, 5) is 20.2. The Labute approximate surface area is 169 Å². The molecule has 12 nitrogen and oxygen atoms in total. The van der Waals surface area contributed by atoms with Crippen molar-refractivity contribution in [3.63, 3.8) is 0 Å². The lowest BCUT2D eigenvalue weighted by molar-refractivity contribution is -0.384. The molecule has 1 aromatic heterocycles. The number of furan rings is 1. The van der Waals surface area contributed by atoms with E-state index in [2.05, 4.69) is 10.5 Å². The SMILES string of the molecule is NS(=O)(=O)c1ccc(N/N=C/c2ccc(-c3ccc([N+](=O)[O-])cc3)o2)c([N+](=O)[O-])c1. The molecule has 0 unspecified atom stereocenters. The average molecular weight is 431 g/mol. The van der Waals surface area contributed by atoms with Gasteiger partial charge in [0.1, 0.15) is 17.2 Å². The molecule has 0 amide bonds. The van der Waals surface area contributed by atoms with Crippen molar-refractivity contribution >= 4 is 33.3 Å². The van der Waals surface area contributed by atoms with E-state index < -0.39 is 30.5 Å². The van der Waals surface area contributed by atoms with Crippen LogP contribution in [0.3, 0.4) is 0 Å². The molecule has 30 heavy (non-hydrogen) atoms. The van der Waals surface area contributed by atoms with Crippen LogP contribution in [0.2, 0.25) is 0 Å². The third-order valence-corrected chi connectivity index (χ3v) is 4.77. The molecule has 0 saturated carbocycles. The molecule has 0 atom stereocenters. The molecule has 0 saturated heterocycles. The normalized spacial score (nSPS) is 11.5. The molecule has 0 aliphatic carbocycles. The number of nitrogens with zero attached hydrogens (tertiary/aromatic N) is 3. The summed E-state index contributed by atoms with van der Waals surface area (Å²) in [6.45, 7) is 0. The van der Waals surface area contributed by atoms with E-state index in [0.717, 1.165) is 12.1 Å². The summed E-state index contributed by atoms with van der Waals surface area (Å²) >= 11 is 0. The summed E-state index contributed by atoms with van der Waals surface area (Å²) in [5.41, 5.74) is 2.44. The van der Waals surface area contributed by atoms with E-state index in [1.54, 1.807) is 12.1 Å². The number of nitrogens with two attached hydrogens (primary N) is 1. The first kappa shape index (κ1) is 20.6. The first-order valence-corrected chi connectivity index (χ1v) is 9.65. The highest BCUT2D eigenvalue weighted by Crippen LogP contribution is 2.27. The van der Waals surface area contributed by atoms with E-state index in [4.69, 9.17) is 9.56 Å². The Hall–Kier alpha value is -4.10. The summed E-state index contributed by atoms with van der Waals surface area (Å²) in [7, 11) is -4.09. The van der Waals surface area contributed by atoms with Gasteiger partial charge in [-0.15, -0.1) is 0 Å². The van der Waals surface area contributed by atoms with Crippen LogP contribution in [-0.4, -0.2) is 24.5 Å². The van der Waals surface area contributed by atoms with Crippen molar-refractivity contribution in [2.75, 3.05) is 5.43 Å². The molecule has 3 aromatic rings. The molecule has 3 N–H and O–H groups in total. The molecule has 0 aliphatic heterocycles. The number of rotatable bonds is 7. The van der Waals surface area contributed by atoms with Gasteiger partial charge in [0, 0.05) is 23.8 Å². The molecule has 0 radical (unpaired) electrons. The van der Waals surface area contributed by atoms with Gasteiger partial charge in [-0.05, 0) is 36.4 Å². The Kier molecular flexibility index (Phi) is 5.57. The minimum absolute atomic E-state index is 0.0497. The molecule has 0 bridgehead atoms. The van der Waals surface area contributed by atoms with Gasteiger partial charge in [-0.25, -0.2) is 13.6 Å². The first-order valence-electron chi connectivity index (χ1n) is 8.10. The predicted molar refractivity (Wildman–Crippen MR) is 106 cm³/mol. The van der Waals surface area contributed by atoms with Gasteiger partial charge in [0.15, 0.2) is 0 Å². The van der Waals surface area contributed by atoms with Gasteiger partial charge >= 0.3 is 0 Å². The summed E-state index contributed by atoms with van der Waals surface area (Å²) < 4.78 is 28.3. The minimum atomic E-state index is -4.09. The number of non-ortho nitro benzene ring substituents is 1. The Bertz CT molecular complexity index is 1250. The van der Waals surface area contributed by atoms with Crippen LogP contribution in [0, 0.1) is 20.2 Å². The Morgan fingerprint density at radius 3 is 2.30 bits per heavy atom. The maximum atomic E-state index is 11.3. The summed E-state index contributed by atoms with van der Waals surface area (Å²) in [6, 6.07) is 12.1. The highest BCUT2D eigenvalue weighted by atomic mass is 32.2. The zero-order valence-corrected chi connectivity index (χ0v) is 15.8. The van der Waals surface area contributed by atoms with Crippen molar-refractivity contribution in [1.29, 1.82) is 0 Å². The number of sulfonamides is 1. The summed E-state index contributed by atoms with van der Waals surface area (Å²) in [5.74, 6) is 0.745. The monoisotopic (exact) mass is 431 g/mol. The quantitative estimate of drug-likeness (QED) is 0.325. The molecule has 0 aliphatic rings. The number of hydrogen-bond acceptors (Lipinski definition) is 9. The van der Waals surface area contributed by atoms with Gasteiger partial charge in [0.05, 0.1) is 21.0 Å². The number of nitrogens with one attached hydrogen (secondary N) is 1. The van der Waals surface area contributed by atoms with Gasteiger partial charge in [-0.2, -0.15) is 5.10 Å². The second-order valence-corrected chi connectivity index (χ2v) is 7.42. The number of benzene rings is 2. The minimum Gasteiger partial charge on any atom is -0.455 e. The van der Waals surface area contributed by atoms with Crippen LogP contribution in [0.1, 0.15) is 5.76 Å². The van der Waals surface area contributed by atoms with Gasteiger partial charge in [0.2, 0.25) is 10.0 Å². The van der Waals surface area contributed by atoms with Crippen LogP contribution in [0.4, 0.5) is 17.1 Å². The topological polar surface area (TPSA) is 184 Å². The Morgan fingerprint density at radius 1 is 1.00 bits per heavy atom. The van der Waals surface area contributed by atoms with Gasteiger partial charge in [0.25, 0.3) is 11.4 Å². The lowest BCUT2D eigenvalue weighted by atomic mass is 10.1. The number of anilines is 1. The fourth-order valence-corrected chi connectivity index (χ4v) is 2.96. The standard InChI is InChI=1S/C17H13N5O7S/c18-30(27,28)14-6-7-15(16(9-14)22(25)26)20-19-10-13-5-8-17(29-13)11-1-3-12(4-2-11)21(23)24/h1-10,20H,(H2,18,27,28)/b19-10+. The fraction of sp³-hybridized carbons (Fsp3) is 0.